The van der Waals surface area contributed by atoms with Crippen LogP contribution in [0, 0.1) is 0 Å². The summed E-state index contributed by atoms with van der Waals surface area (Å²) in [6.07, 6.45) is 4.10. The van der Waals surface area contributed by atoms with E-state index in [0.717, 1.165) is 37.6 Å². The molecule has 0 spiro atoms. The van der Waals surface area contributed by atoms with Crippen LogP contribution >= 0.6 is 15.9 Å². The summed E-state index contributed by atoms with van der Waals surface area (Å²) in [6, 6.07) is 0.479. The fourth-order valence-corrected chi connectivity index (χ4v) is 2.00. The zero-order valence-corrected chi connectivity index (χ0v) is 9.14. The smallest absolute Gasteiger partial charge is 0.222 e. The topological polar surface area (TPSA) is 20.3 Å². The highest BCUT2D eigenvalue weighted by Gasteiger charge is 2.26. The lowest BCUT2D eigenvalue weighted by molar-refractivity contribution is -0.128. The van der Waals surface area contributed by atoms with Crippen LogP contribution in [-0.4, -0.2) is 28.7 Å². The van der Waals surface area contributed by atoms with E-state index in [9.17, 15) is 4.79 Å². The van der Waals surface area contributed by atoms with Crippen molar-refractivity contribution in [2.24, 2.45) is 0 Å². The molecule has 1 aliphatic heterocycles. The first kappa shape index (κ1) is 10.0. The van der Waals surface area contributed by atoms with Gasteiger partial charge in [0.05, 0.1) is 0 Å². The van der Waals surface area contributed by atoms with Crippen LogP contribution in [0.3, 0.4) is 0 Å². The Morgan fingerprint density at radius 1 is 1.58 bits per heavy atom. The molecule has 1 amide bonds. The minimum absolute atomic E-state index is 0.345. The molecule has 1 unspecified atom stereocenters. The second-order valence-electron chi connectivity index (χ2n) is 3.37. The minimum atomic E-state index is 0.345. The SMILES string of the molecule is CC1CCC(=O)N1CCCCBr. The van der Waals surface area contributed by atoms with Gasteiger partial charge in [0.25, 0.3) is 0 Å². The summed E-state index contributed by atoms with van der Waals surface area (Å²) in [5, 5.41) is 1.05. The van der Waals surface area contributed by atoms with E-state index < -0.39 is 0 Å². The van der Waals surface area contributed by atoms with Crippen molar-refractivity contribution in [1.29, 1.82) is 0 Å². The van der Waals surface area contributed by atoms with E-state index in [2.05, 4.69) is 22.9 Å². The second-order valence-corrected chi connectivity index (χ2v) is 4.16. The predicted octanol–water partition coefficient (Wildman–Crippen LogP) is 2.17. The molecular weight excluding hydrogens is 218 g/mol. The Bertz CT molecular complexity index is 161. The first-order valence-corrected chi connectivity index (χ1v) is 5.73. The Labute approximate surface area is 82.4 Å². The van der Waals surface area contributed by atoms with Gasteiger partial charge in [-0.05, 0) is 26.2 Å². The summed E-state index contributed by atoms with van der Waals surface area (Å²) < 4.78 is 0. The van der Waals surface area contributed by atoms with Crippen LogP contribution < -0.4 is 0 Å². The predicted molar refractivity (Wildman–Crippen MR) is 53.4 cm³/mol. The van der Waals surface area contributed by atoms with Gasteiger partial charge in [-0.3, -0.25) is 4.79 Å². The highest BCUT2D eigenvalue weighted by molar-refractivity contribution is 9.09. The van der Waals surface area contributed by atoms with Crippen LogP contribution in [0.15, 0.2) is 0 Å². The van der Waals surface area contributed by atoms with Crippen LogP contribution in [0.25, 0.3) is 0 Å². The normalized spacial score (nSPS) is 23.7. The van der Waals surface area contributed by atoms with E-state index >= 15 is 0 Å². The van der Waals surface area contributed by atoms with Crippen molar-refractivity contribution in [3.8, 4) is 0 Å². The van der Waals surface area contributed by atoms with Crippen molar-refractivity contribution in [2.45, 2.75) is 38.6 Å². The lowest BCUT2D eigenvalue weighted by Crippen LogP contribution is -2.31. The number of amides is 1. The lowest BCUT2D eigenvalue weighted by Gasteiger charge is -2.20. The maximum absolute atomic E-state index is 11.3. The largest absolute Gasteiger partial charge is 0.340 e. The average molecular weight is 234 g/mol. The maximum atomic E-state index is 11.3. The van der Waals surface area contributed by atoms with Gasteiger partial charge in [0, 0.05) is 24.3 Å². The van der Waals surface area contributed by atoms with Crippen molar-refractivity contribution >= 4 is 21.8 Å². The number of halogens is 1. The number of alkyl halides is 1. The number of unbranched alkanes of at least 4 members (excludes halogenated alkanes) is 1. The zero-order chi connectivity index (χ0) is 8.97. The third kappa shape index (κ3) is 2.47. The first-order chi connectivity index (χ1) is 5.75. The molecule has 1 rings (SSSR count). The van der Waals surface area contributed by atoms with E-state index in [0.29, 0.717) is 11.9 Å². The van der Waals surface area contributed by atoms with Gasteiger partial charge < -0.3 is 4.90 Å². The van der Waals surface area contributed by atoms with E-state index in [1.807, 2.05) is 4.90 Å². The number of rotatable bonds is 4. The molecule has 1 fully saturated rings. The summed E-state index contributed by atoms with van der Waals surface area (Å²) in [6.45, 7) is 3.09. The van der Waals surface area contributed by atoms with E-state index in [4.69, 9.17) is 0 Å². The zero-order valence-electron chi connectivity index (χ0n) is 7.55. The van der Waals surface area contributed by atoms with Crippen LogP contribution in [0.2, 0.25) is 0 Å². The van der Waals surface area contributed by atoms with Gasteiger partial charge in [-0.25, -0.2) is 0 Å². The Balaban J connectivity index is 2.25. The van der Waals surface area contributed by atoms with E-state index in [1.165, 1.54) is 0 Å². The monoisotopic (exact) mass is 233 g/mol. The molecule has 0 aromatic heterocycles. The Hall–Kier alpha value is -0.0500. The summed E-state index contributed by atoms with van der Waals surface area (Å²) in [4.78, 5) is 13.3. The molecule has 1 heterocycles. The summed E-state index contributed by atoms with van der Waals surface area (Å²) in [5.41, 5.74) is 0. The Morgan fingerprint density at radius 3 is 2.83 bits per heavy atom. The van der Waals surface area contributed by atoms with Crippen molar-refractivity contribution in [3.63, 3.8) is 0 Å². The highest BCUT2D eigenvalue weighted by atomic mass is 79.9. The molecule has 0 radical (unpaired) electrons. The molecule has 0 bridgehead atoms. The van der Waals surface area contributed by atoms with Gasteiger partial charge in [-0.15, -0.1) is 0 Å². The number of carbonyl (C=O) groups excluding carboxylic acids is 1. The van der Waals surface area contributed by atoms with Gasteiger partial charge >= 0.3 is 0 Å². The van der Waals surface area contributed by atoms with Gasteiger partial charge in [0.15, 0.2) is 0 Å². The Morgan fingerprint density at radius 2 is 2.33 bits per heavy atom. The fourth-order valence-electron chi connectivity index (χ4n) is 1.60. The maximum Gasteiger partial charge on any atom is 0.222 e. The van der Waals surface area contributed by atoms with Crippen molar-refractivity contribution in [1.82, 2.24) is 4.90 Å². The van der Waals surface area contributed by atoms with Crippen LogP contribution in [0.4, 0.5) is 0 Å². The molecule has 1 aliphatic rings. The number of nitrogens with zero attached hydrogens (tertiary/aromatic N) is 1. The first-order valence-electron chi connectivity index (χ1n) is 4.61. The van der Waals surface area contributed by atoms with Crippen LogP contribution in [0.1, 0.15) is 32.6 Å². The molecule has 0 aromatic rings. The van der Waals surface area contributed by atoms with Gasteiger partial charge in [0.2, 0.25) is 5.91 Å². The second kappa shape index (κ2) is 4.85. The average Bonchev–Trinajstić information content (AvgIpc) is 2.35. The van der Waals surface area contributed by atoms with Crippen LogP contribution in [0.5, 0.6) is 0 Å². The molecule has 3 heteroatoms. The molecule has 1 atom stereocenters. The number of hydrogen-bond donors (Lipinski definition) is 0. The molecule has 0 aromatic carbocycles. The van der Waals surface area contributed by atoms with E-state index in [1.54, 1.807) is 0 Å². The van der Waals surface area contributed by atoms with Crippen molar-refractivity contribution in [2.75, 3.05) is 11.9 Å². The molecule has 0 saturated carbocycles. The van der Waals surface area contributed by atoms with Gasteiger partial charge in [-0.2, -0.15) is 0 Å². The quantitative estimate of drug-likeness (QED) is 0.539. The van der Waals surface area contributed by atoms with Crippen molar-refractivity contribution in [3.05, 3.63) is 0 Å². The highest BCUT2D eigenvalue weighted by Crippen LogP contribution is 2.18. The molecule has 0 aliphatic carbocycles. The lowest BCUT2D eigenvalue weighted by atomic mass is 10.2. The molecule has 70 valence electrons. The van der Waals surface area contributed by atoms with Gasteiger partial charge in [0.1, 0.15) is 0 Å². The van der Waals surface area contributed by atoms with Crippen LogP contribution in [-0.2, 0) is 4.79 Å². The fraction of sp³-hybridized carbons (Fsp3) is 0.889. The van der Waals surface area contributed by atoms with Gasteiger partial charge in [-0.1, -0.05) is 15.9 Å². The molecule has 2 nitrogen and oxygen atoms in total. The number of carbonyl (C=O) groups is 1. The summed E-state index contributed by atoms with van der Waals surface area (Å²) >= 11 is 3.39. The van der Waals surface area contributed by atoms with Crippen molar-refractivity contribution < 1.29 is 4.79 Å². The molecule has 1 saturated heterocycles. The Kier molecular flexibility index (Phi) is 4.06. The summed E-state index contributed by atoms with van der Waals surface area (Å²) in [5.74, 6) is 0.345. The number of likely N-dealkylation sites (tertiary alicyclic amines) is 1. The summed E-state index contributed by atoms with van der Waals surface area (Å²) in [7, 11) is 0. The molecule has 12 heavy (non-hydrogen) atoms. The molecular formula is C9H16BrNO. The third-order valence-electron chi connectivity index (χ3n) is 2.41. The third-order valence-corrected chi connectivity index (χ3v) is 2.97. The minimum Gasteiger partial charge on any atom is -0.340 e. The number of hydrogen-bond acceptors (Lipinski definition) is 1. The molecule has 0 N–H and O–H groups in total. The standard InChI is InChI=1S/C9H16BrNO/c1-8-4-5-9(12)11(8)7-3-2-6-10/h8H,2-7H2,1H3. The van der Waals surface area contributed by atoms with E-state index in [-0.39, 0.29) is 0 Å².